The summed E-state index contributed by atoms with van der Waals surface area (Å²) >= 11 is 0. The van der Waals surface area contributed by atoms with Gasteiger partial charge in [-0.1, -0.05) is 42.5 Å². The van der Waals surface area contributed by atoms with E-state index in [2.05, 4.69) is 10.5 Å². The number of ether oxygens (including phenoxy) is 1. The second kappa shape index (κ2) is 9.32. The predicted octanol–water partition coefficient (Wildman–Crippen LogP) is 3.82. The van der Waals surface area contributed by atoms with Gasteiger partial charge in [0.25, 0.3) is 0 Å². The Labute approximate surface area is 162 Å². The highest BCUT2D eigenvalue weighted by atomic mass is 16.5. The molecule has 0 aliphatic carbocycles. The van der Waals surface area contributed by atoms with Crippen molar-refractivity contribution in [3.05, 3.63) is 83.6 Å². The van der Waals surface area contributed by atoms with Gasteiger partial charge in [-0.25, -0.2) is 10.2 Å². The highest BCUT2D eigenvalue weighted by molar-refractivity contribution is 5.90. The largest absolute Gasteiger partial charge is 0.462 e. The minimum absolute atomic E-state index is 0.205. The van der Waals surface area contributed by atoms with Gasteiger partial charge in [-0.05, 0) is 36.8 Å². The number of rotatable bonds is 7. The summed E-state index contributed by atoms with van der Waals surface area (Å²) in [6.45, 7) is 2.10. The molecule has 0 aliphatic heterocycles. The average Bonchev–Trinajstić information content (AvgIpc) is 3.18. The lowest BCUT2D eigenvalue weighted by molar-refractivity contribution is -0.120. The summed E-state index contributed by atoms with van der Waals surface area (Å²) in [6.07, 6.45) is 1.70. The first-order chi connectivity index (χ1) is 13.7. The van der Waals surface area contributed by atoms with E-state index in [-0.39, 0.29) is 18.3 Å². The number of hydrogen-bond acceptors (Lipinski definition) is 5. The van der Waals surface area contributed by atoms with Crippen molar-refractivity contribution in [3.8, 4) is 11.3 Å². The molecule has 1 amide bonds. The summed E-state index contributed by atoms with van der Waals surface area (Å²) in [5.74, 6) is 0.577. The molecule has 1 N–H and O–H groups in total. The molecule has 28 heavy (non-hydrogen) atoms. The minimum Gasteiger partial charge on any atom is -0.462 e. The highest BCUT2D eigenvalue weighted by Crippen LogP contribution is 2.22. The van der Waals surface area contributed by atoms with Crippen LogP contribution in [0.3, 0.4) is 0 Å². The van der Waals surface area contributed by atoms with Crippen LogP contribution in [0.15, 0.2) is 76.2 Å². The normalized spacial score (nSPS) is 10.8. The molecule has 0 radical (unpaired) electrons. The van der Waals surface area contributed by atoms with Crippen molar-refractivity contribution in [2.45, 2.75) is 13.3 Å². The molecule has 6 nitrogen and oxygen atoms in total. The van der Waals surface area contributed by atoms with Crippen molar-refractivity contribution in [1.29, 1.82) is 0 Å². The number of benzene rings is 2. The Morgan fingerprint density at radius 2 is 1.79 bits per heavy atom. The lowest BCUT2D eigenvalue weighted by Gasteiger charge is -2.02. The van der Waals surface area contributed by atoms with E-state index in [4.69, 9.17) is 9.15 Å². The first kappa shape index (κ1) is 19.1. The number of carbonyl (C=O) groups excluding carboxylic acids is 2. The zero-order chi connectivity index (χ0) is 19.8. The monoisotopic (exact) mass is 376 g/mol. The predicted molar refractivity (Wildman–Crippen MR) is 106 cm³/mol. The highest BCUT2D eigenvalue weighted by Gasteiger charge is 2.08. The van der Waals surface area contributed by atoms with Crippen LogP contribution in [0.4, 0.5) is 0 Å². The van der Waals surface area contributed by atoms with Gasteiger partial charge < -0.3 is 9.15 Å². The fourth-order valence-corrected chi connectivity index (χ4v) is 2.55. The van der Waals surface area contributed by atoms with E-state index in [0.29, 0.717) is 23.7 Å². The van der Waals surface area contributed by atoms with Gasteiger partial charge in [0.15, 0.2) is 0 Å². The fraction of sp³-hybridized carbons (Fsp3) is 0.136. The number of hydrogen-bond donors (Lipinski definition) is 1. The molecular formula is C22H20N2O4. The van der Waals surface area contributed by atoms with Crippen LogP contribution in [0.1, 0.15) is 28.6 Å². The third kappa shape index (κ3) is 5.17. The van der Waals surface area contributed by atoms with E-state index in [0.717, 1.165) is 11.1 Å². The summed E-state index contributed by atoms with van der Waals surface area (Å²) in [5, 5.41) is 3.92. The van der Waals surface area contributed by atoms with Gasteiger partial charge in [-0.2, -0.15) is 5.10 Å². The lowest BCUT2D eigenvalue weighted by Crippen LogP contribution is -2.19. The topological polar surface area (TPSA) is 80.9 Å². The van der Waals surface area contributed by atoms with Crippen LogP contribution in [0.25, 0.3) is 11.3 Å². The molecule has 0 saturated carbocycles. The van der Waals surface area contributed by atoms with E-state index in [9.17, 15) is 9.59 Å². The van der Waals surface area contributed by atoms with Crippen molar-refractivity contribution in [2.75, 3.05) is 6.61 Å². The minimum atomic E-state index is -0.354. The molecular weight excluding hydrogens is 356 g/mol. The number of amides is 1. The molecule has 1 aromatic heterocycles. The number of nitrogens with zero attached hydrogens (tertiary/aromatic N) is 1. The molecule has 3 aromatic rings. The van der Waals surface area contributed by atoms with Crippen LogP contribution in [0.5, 0.6) is 0 Å². The summed E-state index contributed by atoms with van der Waals surface area (Å²) in [5.41, 5.74) is 4.70. The Bertz CT molecular complexity index is 960. The van der Waals surface area contributed by atoms with E-state index in [1.54, 1.807) is 43.3 Å². The quantitative estimate of drug-likeness (QED) is 0.386. The maximum absolute atomic E-state index is 11.9. The summed E-state index contributed by atoms with van der Waals surface area (Å²) < 4.78 is 10.7. The standard InChI is InChI=1S/C22H20N2O4/c1-2-27-22(26)18-10-8-17(9-11-18)20-13-12-19(28-20)15-23-24-21(25)14-16-6-4-3-5-7-16/h3-13,15H,2,14H2,1H3,(H,24,25). The molecule has 0 spiro atoms. The molecule has 6 heteroatoms. The summed E-state index contributed by atoms with van der Waals surface area (Å²) in [7, 11) is 0. The molecule has 0 fully saturated rings. The Morgan fingerprint density at radius 3 is 2.50 bits per heavy atom. The molecule has 0 unspecified atom stereocenters. The lowest BCUT2D eigenvalue weighted by atomic mass is 10.1. The smallest absolute Gasteiger partial charge is 0.338 e. The van der Waals surface area contributed by atoms with Crippen LogP contribution in [-0.4, -0.2) is 24.7 Å². The first-order valence-electron chi connectivity index (χ1n) is 8.89. The van der Waals surface area contributed by atoms with E-state index >= 15 is 0 Å². The molecule has 142 valence electrons. The van der Waals surface area contributed by atoms with Gasteiger partial charge in [0.05, 0.1) is 24.8 Å². The SMILES string of the molecule is CCOC(=O)c1ccc(-c2ccc(C=NNC(=O)Cc3ccccc3)o2)cc1. The van der Waals surface area contributed by atoms with Crippen LogP contribution in [-0.2, 0) is 16.0 Å². The Kier molecular flexibility index (Phi) is 6.36. The van der Waals surface area contributed by atoms with Crippen molar-refractivity contribution >= 4 is 18.1 Å². The fourth-order valence-electron chi connectivity index (χ4n) is 2.55. The van der Waals surface area contributed by atoms with Gasteiger partial charge in [0.1, 0.15) is 11.5 Å². The molecule has 2 aromatic carbocycles. The number of carbonyl (C=O) groups is 2. The van der Waals surface area contributed by atoms with Crippen molar-refractivity contribution < 1.29 is 18.7 Å². The average molecular weight is 376 g/mol. The molecule has 0 aliphatic rings. The molecule has 1 heterocycles. The first-order valence-corrected chi connectivity index (χ1v) is 8.89. The molecule has 3 rings (SSSR count). The number of hydrazone groups is 1. The maximum Gasteiger partial charge on any atom is 0.338 e. The zero-order valence-electron chi connectivity index (χ0n) is 15.4. The van der Waals surface area contributed by atoms with Crippen LogP contribution >= 0.6 is 0 Å². The van der Waals surface area contributed by atoms with Gasteiger partial charge in [0, 0.05) is 5.56 Å². The Balaban J connectivity index is 1.57. The second-order valence-electron chi connectivity index (χ2n) is 5.96. The number of esters is 1. The summed E-state index contributed by atoms with van der Waals surface area (Å²) in [4.78, 5) is 23.6. The van der Waals surface area contributed by atoms with Gasteiger partial charge in [0.2, 0.25) is 5.91 Å². The third-order valence-corrected chi connectivity index (χ3v) is 3.90. The number of furan rings is 1. The Hall–Kier alpha value is -3.67. The van der Waals surface area contributed by atoms with Crippen LogP contribution in [0.2, 0.25) is 0 Å². The van der Waals surface area contributed by atoms with E-state index in [1.165, 1.54) is 6.21 Å². The summed E-state index contributed by atoms with van der Waals surface area (Å²) in [6, 6.07) is 19.9. The molecule has 0 saturated heterocycles. The van der Waals surface area contributed by atoms with Gasteiger partial charge >= 0.3 is 5.97 Å². The number of nitrogens with one attached hydrogen (secondary N) is 1. The van der Waals surface area contributed by atoms with Gasteiger partial charge in [-0.3, -0.25) is 4.79 Å². The van der Waals surface area contributed by atoms with E-state index in [1.807, 2.05) is 30.3 Å². The maximum atomic E-state index is 11.9. The van der Waals surface area contributed by atoms with Gasteiger partial charge in [-0.15, -0.1) is 0 Å². The third-order valence-electron chi connectivity index (χ3n) is 3.90. The van der Waals surface area contributed by atoms with Crippen molar-refractivity contribution in [1.82, 2.24) is 5.43 Å². The molecule has 0 atom stereocenters. The van der Waals surface area contributed by atoms with Crippen molar-refractivity contribution in [2.24, 2.45) is 5.10 Å². The Morgan fingerprint density at radius 1 is 1.04 bits per heavy atom. The van der Waals surface area contributed by atoms with E-state index < -0.39 is 0 Å². The van der Waals surface area contributed by atoms with Crippen LogP contribution in [0, 0.1) is 0 Å². The van der Waals surface area contributed by atoms with Crippen LogP contribution < -0.4 is 5.43 Å². The van der Waals surface area contributed by atoms with Crippen molar-refractivity contribution in [3.63, 3.8) is 0 Å². The molecule has 0 bridgehead atoms. The zero-order valence-corrected chi connectivity index (χ0v) is 15.4. The second-order valence-corrected chi connectivity index (χ2v) is 5.96.